The van der Waals surface area contributed by atoms with Gasteiger partial charge in [-0.2, -0.15) is 0 Å². The summed E-state index contributed by atoms with van der Waals surface area (Å²) in [5.41, 5.74) is -0.553. The molecule has 28 heavy (non-hydrogen) atoms. The van der Waals surface area contributed by atoms with Gasteiger partial charge in [0.2, 0.25) is 5.91 Å². The fourth-order valence-corrected chi connectivity index (χ4v) is 3.95. The van der Waals surface area contributed by atoms with E-state index >= 15 is 0 Å². The minimum absolute atomic E-state index is 0.0566. The van der Waals surface area contributed by atoms with Crippen molar-refractivity contribution in [2.75, 3.05) is 36.0 Å². The molecule has 10 heteroatoms. The maximum absolute atomic E-state index is 12.6. The molecule has 0 saturated heterocycles. The van der Waals surface area contributed by atoms with Crippen molar-refractivity contribution in [1.82, 2.24) is 9.97 Å². The lowest BCUT2D eigenvalue weighted by atomic mass is 10.3. The second-order valence-corrected chi connectivity index (χ2v) is 8.01. The molecule has 0 unspecified atom stereocenters. The van der Waals surface area contributed by atoms with Crippen LogP contribution in [0.5, 0.6) is 0 Å². The summed E-state index contributed by atoms with van der Waals surface area (Å²) in [5.74, 6) is 0.147. The third-order valence-electron chi connectivity index (χ3n) is 4.15. The number of aromatic nitrogens is 2. The number of anilines is 2. The summed E-state index contributed by atoms with van der Waals surface area (Å²) in [6.45, 7) is 8.98. The molecule has 2 amide bonds. The van der Waals surface area contributed by atoms with Crippen molar-refractivity contribution in [3.63, 3.8) is 0 Å². The van der Waals surface area contributed by atoms with Crippen LogP contribution in [0.3, 0.4) is 0 Å². The van der Waals surface area contributed by atoms with Gasteiger partial charge in [-0.1, -0.05) is 24.8 Å². The average Bonchev–Trinajstić information content (AvgIpc) is 3.22. The minimum Gasteiger partial charge on any atom is -0.335 e. The summed E-state index contributed by atoms with van der Waals surface area (Å²) >= 11 is 2.68. The van der Waals surface area contributed by atoms with Gasteiger partial charge in [-0.05, 0) is 25.3 Å². The first-order valence-corrected chi connectivity index (χ1v) is 11.1. The van der Waals surface area contributed by atoms with Crippen molar-refractivity contribution >= 4 is 46.4 Å². The highest BCUT2D eigenvalue weighted by atomic mass is 32.2. The van der Waals surface area contributed by atoms with E-state index in [0.29, 0.717) is 10.0 Å². The van der Waals surface area contributed by atoms with Crippen molar-refractivity contribution in [3.05, 3.63) is 32.7 Å². The Morgan fingerprint density at radius 1 is 1.25 bits per heavy atom. The number of quaternary nitrogens is 1. The van der Waals surface area contributed by atoms with Crippen LogP contribution in [-0.4, -0.2) is 47.2 Å². The molecule has 2 heterocycles. The van der Waals surface area contributed by atoms with Crippen LogP contribution in [0.25, 0.3) is 0 Å². The predicted molar refractivity (Wildman–Crippen MR) is 114 cm³/mol. The van der Waals surface area contributed by atoms with E-state index in [1.165, 1.54) is 28.0 Å². The Bertz CT molecular complexity index is 847. The molecule has 0 spiro atoms. The van der Waals surface area contributed by atoms with Gasteiger partial charge in [0.15, 0.2) is 16.7 Å². The van der Waals surface area contributed by atoms with Gasteiger partial charge in [0, 0.05) is 6.42 Å². The van der Waals surface area contributed by atoms with Crippen molar-refractivity contribution < 1.29 is 14.5 Å². The van der Waals surface area contributed by atoms with Crippen molar-refractivity contribution in [2.45, 2.75) is 32.3 Å². The number of carbonyl (C=O) groups excluding carboxylic acids is 2. The first-order valence-electron chi connectivity index (χ1n) is 9.23. The summed E-state index contributed by atoms with van der Waals surface area (Å²) in [6.07, 6.45) is 0.237. The highest BCUT2D eigenvalue weighted by Crippen LogP contribution is 2.20. The van der Waals surface area contributed by atoms with Crippen LogP contribution in [0.2, 0.25) is 0 Å². The van der Waals surface area contributed by atoms with E-state index in [4.69, 9.17) is 0 Å². The topological polar surface area (TPSA) is 108 Å². The normalized spacial score (nSPS) is 10.9. The van der Waals surface area contributed by atoms with Crippen LogP contribution in [0.4, 0.5) is 11.5 Å². The molecular formula is C18H26N5O3S2+. The zero-order valence-corrected chi connectivity index (χ0v) is 17.9. The number of aromatic amines is 1. The van der Waals surface area contributed by atoms with E-state index in [-0.39, 0.29) is 23.8 Å². The molecule has 0 radical (unpaired) electrons. The number of hydrogen-bond acceptors (Lipinski definition) is 6. The number of thiophene rings is 1. The maximum Gasteiger partial charge on any atom is 0.277 e. The number of thioether (sulfide) groups is 1. The molecule has 0 aromatic carbocycles. The molecule has 152 valence electrons. The molecule has 8 nitrogen and oxygen atoms in total. The summed E-state index contributed by atoms with van der Waals surface area (Å²) in [6, 6.07) is 3.41. The summed E-state index contributed by atoms with van der Waals surface area (Å²) < 4.78 is 0. The molecule has 0 atom stereocenters. The number of hydrogen-bond donors (Lipinski definition) is 4. The van der Waals surface area contributed by atoms with Gasteiger partial charge in [-0.25, -0.2) is 4.98 Å². The van der Waals surface area contributed by atoms with Gasteiger partial charge in [-0.3, -0.25) is 19.4 Å². The van der Waals surface area contributed by atoms with E-state index < -0.39 is 11.5 Å². The fraction of sp³-hybridized carbons (Fsp3) is 0.444. The van der Waals surface area contributed by atoms with Crippen molar-refractivity contribution in [3.8, 4) is 0 Å². The smallest absolute Gasteiger partial charge is 0.277 e. The molecule has 0 aliphatic rings. The van der Waals surface area contributed by atoms with Crippen LogP contribution >= 0.6 is 23.1 Å². The van der Waals surface area contributed by atoms with Gasteiger partial charge >= 0.3 is 0 Å². The Hall–Kier alpha value is -2.17. The molecule has 2 rings (SSSR count). The van der Waals surface area contributed by atoms with E-state index in [2.05, 4.69) is 34.4 Å². The third kappa shape index (κ3) is 6.18. The first-order chi connectivity index (χ1) is 13.5. The molecule has 2 aromatic rings. The number of carbonyl (C=O) groups is 2. The van der Waals surface area contributed by atoms with Crippen molar-refractivity contribution in [1.29, 1.82) is 0 Å². The van der Waals surface area contributed by atoms with E-state index in [9.17, 15) is 14.4 Å². The van der Waals surface area contributed by atoms with Crippen molar-refractivity contribution in [2.24, 2.45) is 0 Å². The van der Waals surface area contributed by atoms with Gasteiger partial charge in [0.1, 0.15) is 0 Å². The summed E-state index contributed by atoms with van der Waals surface area (Å²) in [4.78, 5) is 45.7. The second-order valence-electron chi connectivity index (χ2n) is 5.98. The Morgan fingerprint density at radius 3 is 2.61 bits per heavy atom. The maximum atomic E-state index is 12.6. The van der Waals surface area contributed by atoms with Crippen LogP contribution in [-0.2, 0) is 4.79 Å². The zero-order chi connectivity index (χ0) is 20.5. The summed E-state index contributed by atoms with van der Waals surface area (Å²) in [5, 5.41) is 7.37. The third-order valence-corrected chi connectivity index (χ3v) is 5.90. The monoisotopic (exact) mass is 424 g/mol. The van der Waals surface area contributed by atoms with Gasteiger partial charge in [-0.15, -0.1) is 11.3 Å². The lowest BCUT2D eigenvalue weighted by Gasteiger charge is -2.15. The van der Waals surface area contributed by atoms with Crippen LogP contribution < -0.4 is 21.1 Å². The Morgan fingerprint density at radius 2 is 2.00 bits per heavy atom. The Balaban J connectivity index is 2.22. The number of nitrogens with one attached hydrogen (secondary N) is 4. The van der Waals surface area contributed by atoms with Crippen LogP contribution in [0.15, 0.2) is 27.5 Å². The fourth-order valence-electron chi connectivity index (χ4n) is 2.43. The van der Waals surface area contributed by atoms with E-state index in [0.717, 1.165) is 25.4 Å². The highest BCUT2D eigenvalue weighted by molar-refractivity contribution is 7.99. The van der Waals surface area contributed by atoms with Gasteiger partial charge in [0.25, 0.3) is 11.5 Å². The lowest BCUT2D eigenvalue weighted by molar-refractivity contribution is -0.893. The molecule has 2 aromatic heterocycles. The molecule has 0 aliphatic carbocycles. The molecule has 0 aliphatic heterocycles. The lowest BCUT2D eigenvalue weighted by Crippen LogP contribution is -3.11. The highest BCUT2D eigenvalue weighted by Gasteiger charge is 2.18. The SMILES string of the molecule is CCC(=O)Nc1nc(SCC[NH+](CC)CC)[nH]c(=O)c1NC(=O)c1cccs1. The Labute approximate surface area is 172 Å². The molecule has 0 saturated carbocycles. The number of nitrogens with zero attached hydrogens (tertiary/aromatic N) is 1. The number of rotatable bonds is 10. The van der Waals surface area contributed by atoms with E-state index in [1.54, 1.807) is 24.4 Å². The first kappa shape index (κ1) is 22.1. The molecule has 0 bridgehead atoms. The quantitative estimate of drug-likeness (QED) is 0.341. The molecular weight excluding hydrogens is 398 g/mol. The Kier molecular flexibility index (Phi) is 8.68. The van der Waals surface area contributed by atoms with E-state index in [1.807, 2.05) is 0 Å². The van der Waals surface area contributed by atoms with Gasteiger partial charge in [0.05, 0.1) is 30.3 Å². The molecule has 4 N–H and O–H groups in total. The number of H-pyrrole nitrogens is 1. The zero-order valence-electron chi connectivity index (χ0n) is 16.3. The predicted octanol–water partition coefficient (Wildman–Crippen LogP) is 1.45. The largest absolute Gasteiger partial charge is 0.335 e. The molecule has 0 fully saturated rings. The van der Waals surface area contributed by atoms with Crippen LogP contribution in [0, 0.1) is 0 Å². The van der Waals surface area contributed by atoms with Crippen LogP contribution in [0.1, 0.15) is 36.9 Å². The average molecular weight is 425 g/mol. The standard InChI is InChI=1S/C18H25N5O3S2/c1-4-13(24)19-15-14(20-16(25)12-8-7-10-27-12)17(26)22-18(21-15)28-11-9-23(5-2)6-3/h7-8,10H,4-6,9,11H2,1-3H3,(H,20,25)(H2,19,21,22,24,26)/p+1. The number of amides is 2. The second kappa shape index (κ2) is 11.0. The van der Waals surface area contributed by atoms with Gasteiger partial charge < -0.3 is 15.5 Å². The summed E-state index contributed by atoms with van der Waals surface area (Å²) in [7, 11) is 0. The minimum atomic E-state index is -0.496.